The summed E-state index contributed by atoms with van der Waals surface area (Å²) in [7, 11) is 0. The number of carbonyl (C=O) groups is 1. The molecule has 0 aliphatic carbocycles. The number of nitrogens with one attached hydrogen (secondary N) is 1. The van der Waals surface area contributed by atoms with Gasteiger partial charge in [-0.25, -0.2) is 4.79 Å². The molecule has 0 spiro atoms. The molecule has 1 rings (SSSR count). The van der Waals surface area contributed by atoms with E-state index < -0.39 is 11.7 Å². The second kappa shape index (κ2) is 6.53. The lowest BCUT2D eigenvalue weighted by atomic mass is 10.2. The third-order valence-corrected chi connectivity index (χ3v) is 2.34. The highest BCUT2D eigenvalue weighted by Crippen LogP contribution is 2.21. The Morgan fingerprint density at radius 1 is 1.38 bits per heavy atom. The summed E-state index contributed by atoms with van der Waals surface area (Å²) in [6.07, 6.45) is -0.404. The first-order chi connectivity index (χ1) is 7.38. The monoisotopic (exact) mass is 243 g/mol. The number of hydrogen-bond donors (Lipinski definition) is 1. The quantitative estimate of drug-likeness (QED) is 0.792. The second-order valence-corrected chi connectivity index (χ2v) is 5.14. The third kappa shape index (κ3) is 5.75. The maximum absolute atomic E-state index is 11.3. The van der Waals surface area contributed by atoms with Crippen molar-refractivity contribution in [2.45, 2.75) is 47.1 Å². The van der Waals surface area contributed by atoms with Gasteiger partial charge < -0.3 is 4.74 Å². The molecule has 0 atom stereocenters. The molecule has 1 N–H and O–H groups in total. The Morgan fingerprint density at radius 3 is 2.31 bits per heavy atom. The fourth-order valence-electron chi connectivity index (χ4n) is 0.928. The number of rotatable bonds is 1. The van der Waals surface area contributed by atoms with Crippen LogP contribution >= 0.6 is 11.3 Å². The normalized spacial score (nSPS) is 10.1. The summed E-state index contributed by atoms with van der Waals surface area (Å²) in [5.74, 6) is 0. The van der Waals surface area contributed by atoms with E-state index >= 15 is 0 Å². The second-order valence-electron chi connectivity index (χ2n) is 4.02. The summed E-state index contributed by atoms with van der Waals surface area (Å²) in [5, 5.41) is 4.63. The highest BCUT2D eigenvalue weighted by Gasteiger charge is 2.16. The van der Waals surface area contributed by atoms with Crippen molar-refractivity contribution in [3.05, 3.63) is 16.3 Å². The standard InChI is InChI=1S/C10H15NO2S.C2H6/c1-7-8(5-6-14-7)11-9(12)13-10(2,3)4;1-2/h5-6H,1-4H3,(H,11,12);1-2H3. The van der Waals surface area contributed by atoms with Crippen molar-refractivity contribution < 1.29 is 9.53 Å². The smallest absolute Gasteiger partial charge is 0.412 e. The molecule has 0 fully saturated rings. The van der Waals surface area contributed by atoms with E-state index in [1.165, 1.54) is 0 Å². The summed E-state index contributed by atoms with van der Waals surface area (Å²) in [5.41, 5.74) is 0.373. The Labute approximate surface area is 102 Å². The molecule has 0 aromatic carbocycles. The molecule has 0 aliphatic rings. The number of amides is 1. The maximum Gasteiger partial charge on any atom is 0.412 e. The lowest BCUT2D eigenvalue weighted by Gasteiger charge is -2.19. The third-order valence-electron chi connectivity index (χ3n) is 1.49. The van der Waals surface area contributed by atoms with Gasteiger partial charge in [0.05, 0.1) is 5.69 Å². The number of ether oxygens (including phenoxy) is 1. The van der Waals surface area contributed by atoms with E-state index in [0.717, 1.165) is 10.6 Å². The number of anilines is 1. The van der Waals surface area contributed by atoms with E-state index in [1.54, 1.807) is 11.3 Å². The molecule has 0 unspecified atom stereocenters. The predicted octanol–water partition coefficient (Wildman–Crippen LogP) is 4.43. The van der Waals surface area contributed by atoms with Gasteiger partial charge in [0.25, 0.3) is 0 Å². The Kier molecular flexibility index (Phi) is 6.11. The molecule has 1 aromatic heterocycles. The Bertz CT molecular complexity index is 326. The molecule has 0 bridgehead atoms. The average Bonchev–Trinajstić information content (AvgIpc) is 2.52. The van der Waals surface area contributed by atoms with Crippen LogP contribution in [-0.4, -0.2) is 11.7 Å². The lowest BCUT2D eigenvalue weighted by Crippen LogP contribution is -2.27. The first kappa shape index (κ1) is 15.0. The van der Waals surface area contributed by atoms with Crippen LogP contribution in [0.1, 0.15) is 39.5 Å². The molecule has 4 heteroatoms. The highest BCUT2D eigenvalue weighted by molar-refractivity contribution is 7.10. The molecule has 3 nitrogen and oxygen atoms in total. The van der Waals surface area contributed by atoms with Gasteiger partial charge in [-0.3, -0.25) is 5.32 Å². The zero-order chi connectivity index (χ0) is 12.8. The van der Waals surface area contributed by atoms with Crippen molar-refractivity contribution in [2.75, 3.05) is 5.32 Å². The van der Waals surface area contributed by atoms with E-state index in [0.29, 0.717) is 0 Å². The van der Waals surface area contributed by atoms with Crippen LogP contribution in [0.4, 0.5) is 10.5 Å². The van der Waals surface area contributed by atoms with Crippen molar-refractivity contribution in [1.29, 1.82) is 0 Å². The Morgan fingerprint density at radius 2 is 1.94 bits per heavy atom. The first-order valence-corrected chi connectivity index (χ1v) is 6.30. The van der Waals surface area contributed by atoms with Gasteiger partial charge in [0, 0.05) is 4.88 Å². The highest BCUT2D eigenvalue weighted by atomic mass is 32.1. The van der Waals surface area contributed by atoms with Gasteiger partial charge in [-0.15, -0.1) is 11.3 Å². The van der Waals surface area contributed by atoms with Crippen LogP contribution in [0.25, 0.3) is 0 Å². The van der Waals surface area contributed by atoms with E-state index in [2.05, 4.69) is 5.32 Å². The largest absolute Gasteiger partial charge is 0.444 e. The van der Waals surface area contributed by atoms with Crippen LogP contribution in [0, 0.1) is 6.92 Å². The van der Waals surface area contributed by atoms with Gasteiger partial charge in [0.2, 0.25) is 0 Å². The first-order valence-electron chi connectivity index (χ1n) is 5.42. The van der Waals surface area contributed by atoms with Gasteiger partial charge >= 0.3 is 6.09 Å². The van der Waals surface area contributed by atoms with Crippen LogP contribution in [-0.2, 0) is 4.74 Å². The molecule has 16 heavy (non-hydrogen) atoms. The summed E-state index contributed by atoms with van der Waals surface area (Å²) >= 11 is 1.59. The molecule has 92 valence electrons. The Hall–Kier alpha value is -1.03. The molecular formula is C12H21NO2S. The summed E-state index contributed by atoms with van der Waals surface area (Å²) in [6.45, 7) is 11.5. The van der Waals surface area contributed by atoms with Crippen molar-refractivity contribution in [2.24, 2.45) is 0 Å². The van der Waals surface area contributed by atoms with Gasteiger partial charge in [-0.2, -0.15) is 0 Å². The molecule has 1 aromatic rings. The van der Waals surface area contributed by atoms with E-state index in [-0.39, 0.29) is 0 Å². The molecule has 0 saturated heterocycles. The number of carbonyl (C=O) groups excluding carboxylic acids is 1. The zero-order valence-corrected chi connectivity index (χ0v) is 11.7. The van der Waals surface area contributed by atoms with Crippen LogP contribution in [0.15, 0.2) is 11.4 Å². The number of hydrogen-bond acceptors (Lipinski definition) is 3. The molecule has 0 aliphatic heterocycles. The van der Waals surface area contributed by atoms with Gasteiger partial charge in [-0.05, 0) is 39.1 Å². The average molecular weight is 243 g/mol. The van der Waals surface area contributed by atoms with Gasteiger partial charge in [-0.1, -0.05) is 13.8 Å². The van der Waals surface area contributed by atoms with E-state index in [1.807, 2.05) is 53.0 Å². The summed E-state index contributed by atoms with van der Waals surface area (Å²) in [6, 6.07) is 1.86. The van der Waals surface area contributed by atoms with Crippen LogP contribution < -0.4 is 5.32 Å². The maximum atomic E-state index is 11.3. The fourth-order valence-corrected chi connectivity index (χ4v) is 1.58. The van der Waals surface area contributed by atoms with E-state index in [4.69, 9.17) is 4.74 Å². The van der Waals surface area contributed by atoms with E-state index in [9.17, 15) is 4.79 Å². The minimum atomic E-state index is -0.450. The minimum absolute atomic E-state index is 0.404. The molecule has 0 saturated carbocycles. The van der Waals surface area contributed by atoms with Gasteiger partial charge in [0.15, 0.2) is 0 Å². The lowest BCUT2D eigenvalue weighted by molar-refractivity contribution is 0.0636. The molecule has 1 heterocycles. The van der Waals surface area contributed by atoms with Crippen molar-refractivity contribution in [3.8, 4) is 0 Å². The summed E-state index contributed by atoms with van der Waals surface area (Å²) < 4.78 is 5.12. The van der Waals surface area contributed by atoms with Crippen LogP contribution in [0.3, 0.4) is 0 Å². The predicted molar refractivity (Wildman–Crippen MR) is 70.3 cm³/mol. The topological polar surface area (TPSA) is 38.3 Å². The number of thiophene rings is 1. The minimum Gasteiger partial charge on any atom is -0.444 e. The fraction of sp³-hybridized carbons (Fsp3) is 0.583. The van der Waals surface area contributed by atoms with Crippen molar-refractivity contribution in [1.82, 2.24) is 0 Å². The SMILES string of the molecule is CC.Cc1sccc1NC(=O)OC(C)(C)C. The zero-order valence-electron chi connectivity index (χ0n) is 10.9. The Balaban J connectivity index is 0.00000106. The van der Waals surface area contributed by atoms with Crippen molar-refractivity contribution >= 4 is 23.1 Å². The van der Waals surface area contributed by atoms with Gasteiger partial charge in [0.1, 0.15) is 5.60 Å². The summed E-state index contributed by atoms with van der Waals surface area (Å²) in [4.78, 5) is 12.4. The molecule has 0 radical (unpaired) electrons. The van der Waals surface area contributed by atoms with Crippen LogP contribution in [0.2, 0.25) is 0 Å². The van der Waals surface area contributed by atoms with Crippen LogP contribution in [0.5, 0.6) is 0 Å². The molecule has 1 amide bonds. The van der Waals surface area contributed by atoms with Crippen molar-refractivity contribution in [3.63, 3.8) is 0 Å². The molecular weight excluding hydrogens is 222 g/mol. The number of aryl methyl sites for hydroxylation is 1.